The van der Waals surface area contributed by atoms with E-state index in [1.807, 2.05) is 42.1 Å². The Morgan fingerprint density at radius 1 is 1.31 bits per heavy atom. The average molecular weight is 351 g/mol. The summed E-state index contributed by atoms with van der Waals surface area (Å²) >= 11 is 0. The number of aryl methyl sites for hydroxylation is 1. The van der Waals surface area contributed by atoms with E-state index in [1.54, 1.807) is 17.1 Å². The van der Waals surface area contributed by atoms with Crippen LogP contribution in [0.2, 0.25) is 0 Å². The summed E-state index contributed by atoms with van der Waals surface area (Å²) < 4.78 is 3.74. The summed E-state index contributed by atoms with van der Waals surface area (Å²) in [5, 5.41) is 14.4. The number of amides is 1. The Balaban J connectivity index is 1.48. The number of anilines is 1. The van der Waals surface area contributed by atoms with Crippen LogP contribution in [0.4, 0.5) is 5.69 Å². The van der Waals surface area contributed by atoms with Gasteiger partial charge < -0.3 is 15.2 Å². The van der Waals surface area contributed by atoms with Gasteiger partial charge in [0.15, 0.2) is 5.69 Å². The Morgan fingerprint density at radius 2 is 2.15 bits per heavy atom. The summed E-state index contributed by atoms with van der Waals surface area (Å²) in [5.74, 6) is 0.583. The highest BCUT2D eigenvalue weighted by molar-refractivity contribution is 6.02. The maximum absolute atomic E-state index is 12.5. The Hall–Kier alpha value is -3.00. The van der Waals surface area contributed by atoms with Gasteiger partial charge in [-0.05, 0) is 38.1 Å². The molecule has 3 aromatic rings. The number of piperidine rings is 1. The zero-order chi connectivity index (χ0) is 17.9. The minimum atomic E-state index is -0.262. The summed E-state index contributed by atoms with van der Waals surface area (Å²) in [6, 6.07) is 7.91. The monoisotopic (exact) mass is 351 g/mol. The van der Waals surface area contributed by atoms with E-state index in [0.717, 1.165) is 37.3 Å². The van der Waals surface area contributed by atoms with Crippen LogP contribution in [0.15, 0.2) is 42.9 Å². The van der Waals surface area contributed by atoms with Crippen LogP contribution in [0.25, 0.3) is 11.4 Å². The largest absolute Gasteiger partial charge is 0.334 e. The van der Waals surface area contributed by atoms with E-state index in [9.17, 15) is 4.79 Å². The average Bonchev–Trinajstić information content (AvgIpc) is 3.32. The molecule has 8 nitrogen and oxygen atoms in total. The Labute approximate surface area is 151 Å². The lowest BCUT2D eigenvalue weighted by atomic mass is 10.1. The van der Waals surface area contributed by atoms with E-state index in [0.29, 0.717) is 17.4 Å². The van der Waals surface area contributed by atoms with Crippen LogP contribution in [-0.4, -0.2) is 43.5 Å². The molecule has 1 amide bonds. The second-order valence-electron chi connectivity index (χ2n) is 6.46. The summed E-state index contributed by atoms with van der Waals surface area (Å²) in [7, 11) is 1.94. The van der Waals surface area contributed by atoms with Gasteiger partial charge in [-0.2, -0.15) is 0 Å². The van der Waals surface area contributed by atoms with Gasteiger partial charge in [0.25, 0.3) is 5.91 Å². The lowest BCUT2D eigenvalue weighted by Crippen LogP contribution is -2.29. The molecule has 26 heavy (non-hydrogen) atoms. The maximum atomic E-state index is 12.5. The summed E-state index contributed by atoms with van der Waals surface area (Å²) in [5.41, 5.74) is 1.96. The predicted molar refractivity (Wildman–Crippen MR) is 97.8 cm³/mol. The SMILES string of the molecule is Cn1ccnc1-c1cccc(NC(=O)c2cn(C3CCNCC3)nn2)c1. The van der Waals surface area contributed by atoms with Crippen LogP contribution >= 0.6 is 0 Å². The molecule has 0 spiro atoms. The molecule has 0 bridgehead atoms. The Kier molecular flexibility index (Phi) is 4.49. The molecule has 8 heteroatoms. The summed E-state index contributed by atoms with van der Waals surface area (Å²) in [6.45, 7) is 1.93. The first-order valence-electron chi connectivity index (χ1n) is 8.72. The number of carbonyl (C=O) groups excluding carboxylic acids is 1. The molecular weight excluding hydrogens is 330 g/mol. The number of nitrogens with one attached hydrogen (secondary N) is 2. The zero-order valence-corrected chi connectivity index (χ0v) is 14.6. The molecule has 134 valence electrons. The van der Waals surface area contributed by atoms with Crippen molar-refractivity contribution in [1.82, 2.24) is 29.9 Å². The highest BCUT2D eigenvalue weighted by Gasteiger charge is 2.19. The molecule has 0 aliphatic carbocycles. The van der Waals surface area contributed by atoms with Crippen molar-refractivity contribution in [3.63, 3.8) is 0 Å². The molecule has 0 radical (unpaired) electrons. The number of nitrogens with zero attached hydrogens (tertiary/aromatic N) is 5. The van der Waals surface area contributed by atoms with Crippen molar-refractivity contribution in [1.29, 1.82) is 0 Å². The van der Waals surface area contributed by atoms with Gasteiger partial charge in [-0.3, -0.25) is 4.79 Å². The van der Waals surface area contributed by atoms with Crippen LogP contribution in [0.3, 0.4) is 0 Å². The third kappa shape index (κ3) is 3.36. The smallest absolute Gasteiger partial charge is 0.277 e. The topological polar surface area (TPSA) is 89.7 Å². The van der Waals surface area contributed by atoms with Crippen molar-refractivity contribution in [2.45, 2.75) is 18.9 Å². The fourth-order valence-electron chi connectivity index (χ4n) is 3.21. The van der Waals surface area contributed by atoms with Crippen molar-refractivity contribution in [3.05, 3.63) is 48.5 Å². The van der Waals surface area contributed by atoms with Crippen LogP contribution in [-0.2, 0) is 7.05 Å². The van der Waals surface area contributed by atoms with E-state index in [-0.39, 0.29) is 5.91 Å². The minimum Gasteiger partial charge on any atom is -0.334 e. The molecule has 0 saturated carbocycles. The fourth-order valence-corrected chi connectivity index (χ4v) is 3.21. The van der Waals surface area contributed by atoms with Gasteiger partial charge in [-0.25, -0.2) is 9.67 Å². The highest BCUT2D eigenvalue weighted by atomic mass is 16.2. The van der Waals surface area contributed by atoms with Gasteiger partial charge in [-0.1, -0.05) is 17.3 Å². The lowest BCUT2D eigenvalue weighted by molar-refractivity contribution is 0.102. The van der Waals surface area contributed by atoms with E-state index in [4.69, 9.17) is 0 Å². The quantitative estimate of drug-likeness (QED) is 0.749. The van der Waals surface area contributed by atoms with E-state index in [2.05, 4.69) is 25.9 Å². The standard InChI is InChI=1S/C18H21N7O/c1-24-10-9-20-17(24)13-3-2-4-14(11-13)21-18(26)16-12-25(23-22-16)15-5-7-19-8-6-15/h2-4,9-12,15,19H,5-8H2,1H3,(H,21,26). The lowest BCUT2D eigenvalue weighted by Gasteiger charge is -2.22. The Bertz CT molecular complexity index is 908. The fraction of sp³-hybridized carbons (Fsp3) is 0.333. The second-order valence-corrected chi connectivity index (χ2v) is 6.46. The molecule has 4 rings (SSSR count). The zero-order valence-electron chi connectivity index (χ0n) is 14.6. The molecule has 1 fully saturated rings. The van der Waals surface area contributed by atoms with E-state index in [1.165, 1.54) is 0 Å². The maximum Gasteiger partial charge on any atom is 0.277 e. The molecule has 1 aliphatic rings. The normalized spacial score (nSPS) is 15.1. The van der Waals surface area contributed by atoms with Gasteiger partial charge in [0.2, 0.25) is 0 Å². The van der Waals surface area contributed by atoms with Gasteiger partial charge in [0.05, 0.1) is 12.2 Å². The highest BCUT2D eigenvalue weighted by Crippen LogP contribution is 2.21. The number of hydrogen-bond donors (Lipinski definition) is 2. The van der Waals surface area contributed by atoms with Gasteiger partial charge in [-0.15, -0.1) is 5.10 Å². The second kappa shape index (κ2) is 7.09. The number of hydrogen-bond acceptors (Lipinski definition) is 5. The third-order valence-electron chi connectivity index (χ3n) is 4.63. The van der Waals surface area contributed by atoms with Crippen LogP contribution in [0.1, 0.15) is 29.4 Å². The van der Waals surface area contributed by atoms with Crippen molar-refractivity contribution in [2.75, 3.05) is 18.4 Å². The molecular formula is C18H21N7O. The number of aromatic nitrogens is 5. The minimum absolute atomic E-state index is 0.262. The van der Waals surface area contributed by atoms with E-state index >= 15 is 0 Å². The van der Waals surface area contributed by atoms with Crippen LogP contribution in [0, 0.1) is 0 Å². The van der Waals surface area contributed by atoms with Gasteiger partial charge in [0.1, 0.15) is 5.82 Å². The molecule has 1 aromatic carbocycles. The molecule has 2 N–H and O–H groups in total. The van der Waals surface area contributed by atoms with E-state index < -0.39 is 0 Å². The molecule has 2 aromatic heterocycles. The first-order chi connectivity index (χ1) is 12.7. The third-order valence-corrected chi connectivity index (χ3v) is 4.63. The van der Waals surface area contributed by atoms with Crippen LogP contribution < -0.4 is 10.6 Å². The molecule has 1 aliphatic heterocycles. The number of rotatable bonds is 4. The summed E-state index contributed by atoms with van der Waals surface area (Å²) in [6.07, 6.45) is 7.36. The van der Waals surface area contributed by atoms with Crippen LogP contribution in [0.5, 0.6) is 0 Å². The van der Waals surface area contributed by atoms with Gasteiger partial charge in [0, 0.05) is 30.7 Å². The number of benzene rings is 1. The number of imidazole rings is 1. The molecule has 0 atom stereocenters. The first-order valence-corrected chi connectivity index (χ1v) is 8.72. The summed E-state index contributed by atoms with van der Waals surface area (Å²) in [4.78, 5) is 16.9. The Morgan fingerprint density at radius 3 is 2.92 bits per heavy atom. The molecule has 0 unspecified atom stereocenters. The van der Waals surface area contributed by atoms with Crippen molar-refractivity contribution in [3.8, 4) is 11.4 Å². The van der Waals surface area contributed by atoms with Crippen molar-refractivity contribution < 1.29 is 4.79 Å². The molecule has 1 saturated heterocycles. The molecule has 3 heterocycles. The van der Waals surface area contributed by atoms with Gasteiger partial charge >= 0.3 is 0 Å². The predicted octanol–water partition coefficient (Wildman–Crippen LogP) is 1.86. The number of carbonyl (C=O) groups is 1. The first kappa shape index (κ1) is 16.5. The van der Waals surface area contributed by atoms with Crippen molar-refractivity contribution >= 4 is 11.6 Å². The van der Waals surface area contributed by atoms with Crippen molar-refractivity contribution in [2.24, 2.45) is 7.05 Å².